The van der Waals surface area contributed by atoms with Crippen LogP contribution in [0.5, 0.6) is 0 Å². The predicted octanol–water partition coefficient (Wildman–Crippen LogP) is 2.81. The number of ether oxygens (including phenoxy) is 1. The standard InChI is InChI=1S/C17H24N2O3/c1-17(2,16(21)22-3)19-15(20)14-11-7-10-13(18-14)12-8-5-4-6-9-12/h7,10-12H,4-6,8-9H2,1-3H3,(H,19,20). The van der Waals surface area contributed by atoms with Crippen molar-refractivity contribution in [3.05, 3.63) is 29.6 Å². The smallest absolute Gasteiger partial charge is 0.330 e. The van der Waals surface area contributed by atoms with Crippen molar-refractivity contribution in [2.45, 2.75) is 57.4 Å². The Morgan fingerprint density at radius 3 is 2.55 bits per heavy atom. The number of hydrogen-bond donors (Lipinski definition) is 1. The number of esters is 1. The molecule has 0 aliphatic heterocycles. The molecule has 1 heterocycles. The number of methoxy groups -OCH3 is 1. The van der Waals surface area contributed by atoms with Crippen molar-refractivity contribution < 1.29 is 14.3 Å². The van der Waals surface area contributed by atoms with Crippen LogP contribution in [0.1, 0.15) is 68.1 Å². The van der Waals surface area contributed by atoms with Gasteiger partial charge < -0.3 is 10.1 Å². The van der Waals surface area contributed by atoms with Crippen LogP contribution in [-0.2, 0) is 9.53 Å². The molecule has 1 saturated carbocycles. The van der Waals surface area contributed by atoms with Crippen molar-refractivity contribution in [3.8, 4) is 0 Å². The summed E-state index contributed by atoms with van der Waals surface area (Å²) in [6.07, 6.45) is 5.98. The third-order valence-corrected chi connectivity index (χ3v) is 4.15. The van der Waals surface area contributed by atoms with Crippen LogP contribution in [0.2, 0.25) is 0 Å². The molecule has 1 amide bonds. The summed E-state index contributed by atoms with van der Waals surface area (Å²) >= 11 is 0. The van der Waals surface area contributed by atoms with E-state index in [0.29, 0.717) is 11.6 Å². The molecule has 0 atom stereocenters. The molecule has 1 aliphatic rings. The van der Waals surface area contributed by atoms with Crippen molar-refractivity contribution in [1.82, 2.24) is 10.3 Å². The molecule has 0 saturated heterocycles. The minimum absolute atomic E-state index is 0.347. The number of carbonyl (C=O) groups is 2. The maximum atomic E-state index is 12.3. The van der Waals surface area contributed by atoms with Gasteiger partial charge in [0.05, 0.1) is 7.11 Å². The van der Waals surface area contributed by atoms with Gasteiger partial charge in [0.1, 0.15) is 11.2 Å². The first kappa shape index (κ1) is 16.5. The molecule has 2 rings (SSSR count). The number of amides is 1. The monoisotopic (exact) mass is 304 g/mol. The van der Waals surface area contributed by atoms with Gasteiger partial charge in [-0.2, -0.15) is 0 Å². The predicted molar refractivity (Wildman–Crippen MR) is 83.6 cm³/mol. The number of hydrogen-bond acceptors (Lipinski definition) is 4. The number of rotatable bonds is 4. The average Bonchev–Trinajstić information content (AvgIpc) is 2.54. The minimum atomic E-state index is -1.08. The quantitative estimate of drug-likeness (QED) is 0.869. The Bertz CT molecular complexity index is 549. The van der Waals surface area contributed by atoms with Crippen molar-refractivity contribution in [3.63, 3.8) is 0 Å². The van der Waals surface area contributed by atoms with Crippen molar-refractivity contribution in [2.75, 3.05) is 7.11 Å². The summed E-state index contributed by atoms with van der Waals surface area (Å²) in [5.74, 6) is -0.396. The number of aromatic nitrogens is 1. The van der Waals surface area contributed by atoms with Crippen LogP contribution in [0.3, 0.4) is 0 Å². The molecule has 1 fully saturated rings. The molecule has 5 heteroatoms. The fourth-order valence-electron chi connectivity index (χ4n) is 2.86. The van der Waals surface area contributed by atoms with Crippen molar-refractivity contribution in [1.29, 1.82) is 0 Å². The summed E-state index contributed by atoms with van der Waals surface area (Å²) in [6.45, 7) is 3.23. The van der Waals surface area contributed by atoms with Crippen LogP contribution in [0.4, 0.5) is 0 Å². The van der Waals surface area contributed by atoms with Gasteiger partial charge in [-0.3, -0.25) is 4.79 Å². The first-order valence-corrected chi connectivity index (χ1v) is 7.82. The zero-order valence-electron chi connectivity index (χ0n) is 13.5. The third-order valence-electron chi connectivity index (χ3n) is 4.15. The van der Waals surface area contributed by atoms with Crippen molar-refractivity contribution >= 4 is 11.9 Å². The van der Waals surface area contributed by atoms with Crippen LogP contribution in [0.25, 0.3) is 0 Å². The van der Waals surface area contributed by atoms with Gasteiger partial charge in [-0.05, 0) is 38.8 Å². The molecule has 1 aromatic heterocycles. The van der Waals surface area contributed by atoms with E-state index in [9.17, 15) is 9.59 Å². The Kier molecular flexibility index (Phi) is 5.16. The summed E-state index contributed by atoms with van der Waals surface area (Å²) in [7, 11) is 1.30. The molecule has 0 unspecified atom stereocenters. The van der Waals surface area contributed by atoms with Gasteiger partial charge in [-0.1, -0.05) is 25.3 Å². The van der Waals surface area contributed by atoms with Gasteiger partial charge in [-0.15, -0.1) is 0 Å². The topological polar surface area (TPSA) is 68.3 Å². The Labute approximate surface area is 131 Å². The summed E-state index contributed by atoms with van der Waals surface area (Å²) in [5.41, 5.74) is 0.247. The molecule has 0 bridgehead atoms. The van der Waals surface area contributed by atoms with E-state index in [1.165, 1.54) is 26.4 Å². The minimum Gasteiger partial charge on any atom is -0.467 e. The van der Waals surface area contributed by atoms with Crippen LogP contribution >= 0.6 is 0 Å². The fourth-order valence-corrected chi connectivity index (χ4v) is 2.86. The SMILES string of the molecule is COC(=O)C(C)(C)NC(=O)c1cccc(C2CCCCC2)n1. The molecule has 5 nitrogen and oxygen atoms in total. The van der Waals surface area contributed by atoms with Crippen molar-refractivity contribution in [2.24, 2.45) is 0 Å². The first-order chi connectivity index (χ1) is 10.4. The molecule has 0 aromatic carbocycles. The van der Waals surface area contributed by atoms with Gasteiger partial charge in [0.15, 0.2) is 0 Å². The average molecular weight is 304 g/mol. The maximum absolute atomic E-state index is 12.3. The molecule has 1 N–H and O–H groups in total. The molecule has 22 heavy (non-hydrogen) atoms. The van der Waals surface area contributed by atoms with Gasteiger partial charge in [0.25, 0.3) is 5.91 Å². The Morgan fingerprint density at radius 1 is 1.23 bits per heavy atom. The van der Waals surface area contributed by atoms with E-state index in [1.807, 2.05) is 12.1 Å². The van der Waals surface area contributed by atoms with Crippen LogP contribution in [0, 0.1) is 0 Å². The lowest BCUT2D eigenvalue weighted by molar-refractivity contribution is -0.146. The second-order valence-electron chi connectivity index (χ2n) is 6.35. The van der Waals surface area contributed by atoms with E-state index in [4.69, 9.17) is 4.74 Å². The van der Waals surface area contributed by atoms with E-state index in [0.717, 1.165) is 18.5 Å². The zero-order chi connectivity index (χ0) is 16.2. The van der Waals surface area contributed by atoms with Gasteiger partial charge in [-0.25, -0.2) is 9.78 Å². The molecule has 1 aliphatic carbocycles. The number of pyridine rings is 1. The summed E-state index contributed by atoms with van der Waals surface area (Å²) < 4.78 is 4.70. The van der Waals surface area contributed by atoms with Gasteiger partial charge in [0.2, 0.25) is 0 Å². The van der Waals surface area contributed by atoms with Gasteiger partial charge >= 0.3 is 5.97 Å². The van der Waals surface area contributed by atoms with Crippen LogP contribution in [0.15, 0.2) is 18.2 Å². The lowest BCUT2D eigenvalue weighted by atomic mass is 9.86. The molecule has 120 valence electrons. The molecular weight excluding hydrogens is 280 g/mol. The highest BCUT2D eigenvalue weighted by molar-refractivity contribution is 5.96. The van der Waals surface area contributed by atoms with E-state index < -0.39 is 11.5 Å². The molecule has 0 spiro atoms. The fraction of sp³-hybridized carbons (Fsp3) is 0.588. The number of nitrogens with zero attached hydrogens (tertiary/aromatic N) is 1. The maximum Gasteiger partial charge on any atom is 0.330 e. The highest BCUT2D eigenvalue weighted by atomic mass is 16.5. The van der Waals surface area contributed by atoms with E-state index in [1.54, 1.807) is 19.9 Å². The zero-order valence-corrected chi connectivity index (χ0v) is 13.5. The first-order valence-electron chi connectivity index (χ1n) is 7.82. The highest BCUT2D eigenvalue weighted by Gasteiger charge is 2.31. The normalized spacial score (nSPS) is 16.1. The summed E-state index contributed by atoms with van der Waals surface area (Å²) in [4.78, 5) is 28.5. The molecule has 0 radical (unpaired) electrons. The lowest BCUT2D eigenvalue weighted by Crippen LogP contribution is -2.50. The summed E-state index contributed by atoms with van der Waals surface area (Å²) in [5, 5.41) is 2.68. The Balaban J connectivity index is 2.11. The van der Waals surface area contributed by atoms with Crippen LogP contribution < -0.4 is 5.32 Å². The number of carbonyl (C=O) groups excluding carboxylic acids is 2. The van der Waals surface area contributed by atoms with E-state index in [2.05, 4.69) is 10.3 Å². The third kappa shape index (κ3) is 3.84. The van der Waals surface area contributed by atoms with E-state index >= 15 is 0 Å². The Morgan fingerprint density at radius 2 is 1.91 bits per heavy atom. The van der Waals surface area contributed by atoms with E-state index in [-0.39, 0.29) is 5.91 Å². The molecular formula is C17H24N2O3. The largest absolute Gasteiger partial charge is 0.467 e. The second kappa shape index (κ2) is 6.90. The highest BCUT2D eigenvalue weighted by Crippen LogP contribution is 2.31. The number of nitrogens with one attached hydrogen (secondary N) is 1. The van der Waals surface area contributed by atoms with Gasteiger partial charge in [0, 0.05) is 11.6 Å². The lowest BCUT2D eigenvalue weighted by Gasteiger charge is -2.24. The second-order valence-corrected chi connectivity index (χ2v) is 6.35. The summed E-state index contributed by atoms with van der Waals surface area (Å²) in [6, 6.07) is 5.52. The van der Waals surface area contributed by atoms with Crippen LogP contribution in [-0.4, -0.2) is 29.5 Å². The molecule has 1 aromatic rings. The Hall–Kier alpha value is -1.91.